The van der Waals surface area contributed by atoms with Crippen molar-refractivity contribution < 1.29 is 24.6 Å². The molecule has 1 aliphatic rings. The number of hydrogen-bond acceptors (Lipinski definition) is 8. The fraction of sp³-hybridized carbons (Fsp3) is 0.412. The number of aliphatic hydroxyl groups is 2. The van der Waals surface area contributed by atoms with Crippen LogP contribution in [-0.2, 0) is 22.7 Å². The number of nitrogens with one attached hydrogen (secondary N) is 1. The Morgan fingerprint density at radius 1 is 1.34 bits per heavy atom. The molecule has 11 nitrogen and oxygen atoms in total. The topological polar surface area (TPSA) is 157 Å². The molecule has 0 saturated carbocycles. The number of rotatable bonds is 7. The fourth-order valence-electron chi connectivity index (χ4n) is 2.99. The zero-order chi connectivity index (χ0) is 21.1. The lowest BCUT2D eigenvalue weighted by Gasteiger charge is -2.15. The minimum Gasteiger partial charge on any atom is -0.394 e. The number of H-pyrrole nitrogens is 1. The average Bonchev–Trinajstić information content (AvgIpc) is 3.04. The summed E-state index contributed by atoms with van der Waals surface area (Å²) in [5, 5.41) is 30.2. The highest BCUT2D eigenvalue weighted by atomic mass is 127. The van der Waals surface area contributed by atoms with Crippen molar-refractivity contribution in [2.75, 3.05) is 6.61 Å². The van der Waals surface area contributed by atoms with Gasteiger partial charge in [-0.2, -0.15) is 0 Å². The van der Waals surface area contributed by atoms with Crippen LogP contribution in [0.4, 0.5) is 5.69 Å². The van der Waals surface area contributed by atoms with Gasteiger partial charge in [0.2, 0.25) is 0 Å². The molecular weight excluding hydrogens is 501 g/mol. The molecule has 0 unspecified atom stereocenters. The molecule has 2 aromatic rings. The molecule has 1 aliphatic heterocycles. The van der Waals surface area contributed by atoms with Gasteiger partial charge in [-0.05, 0) is 34.7 Å². The number of nitro groups is 1. The van der Waals surface area contributed by atoms with Crippen LogP contribution in [0.25, 0.3) is 0 Å². The predicted molar refractivity (Wildman–Crippen MR) is 107 cm³/mol. The molecule has 0 amide bonds. The number of nitrogens with zero attached hydrogens (tertiary/aromatic N) is 2. The molecule has 29 heavy (non-hydrogen) atoms. The summed E-state index contributed by atoms with van der Waals surface area (Å²) in [5.41, 5.74) is -0.987. The second-order valence-corrected chi connectivity index (χ2v) is 7.70. The standard InChI is InChI=1S/C17H18IN3O8/c18-11-2-1-9(12(3-11)21(26)27)7-28-8-10-5-20(17(25)19-16(10)24)15-4-13(23)14(6-22)29-15/h1-3,5,13-15,22-23H,4,6-8H2,(H,19,24,25)/t13-,14+,15+/m0/s1. The van der Waals surface area contributed by atoms with Crippen LogP contribution in [0.5, 0.6) is 0 Å². The van der Waals surface area contributed by atoms with Gasteiger partial charge in [-0.15, -0.1) is 0 Å². The van der Waals surface area contributed by atoms with E-state index in [4.69, 9.17) is 9.47 Å². The Morgan fingerprint density at radius 2 is 2.07 bits per heavy atom. The lowest BCUT2D eigenvalue weighted by molar-refractivity contribution is -0.386. The van der Waals surface area contributed by atoms with Crippen molar-refractivity contribution in [3.8, 4) is 0 Å². The summed E-state index contributed by atoms with van der Waals surface area (Å²) in [4.78, 5) is 37.0. The molecule has 1 saturated heterocycles. The Balaban J connectivity index is 1.75. The van der Waals surface area contributed by atoms with E-state index in [0.29, 0.717) is 9.13 Å². The molecule has 12 heteroatoms. The normalized spacial score (nSPS) is 21.4. The van der Waals surface area contributed by atoms with Crippen LogP contribution in [0, 0.1) is 13.7 Å². The minimum atomic E-state index is -0.940. The first-order chi connectivity index (χ1) is 13.8. The molecule has 1 fully saturated rings. The number of aliphatic hydroxyl groups excluding tert-OH is 2. The van der Waals surface area contributed by atoms with Gasteiger partial charge in [-0.1, -0.05) is 0 Å². The number of benzene rings is 1. The molecule has 0 spiro atoms. The maximum Gasteiger partial charge on any atom is 0.330 e. The van der Waals surface area contributed by atoms with Gasteiger partial charge in [0.1, 0.15) is 12.3 Å². The van der Waals surface area contributed by atoms with Crippen molar-refractivity contribution in [3.63, 3.8) is 0 Å². The third-order valence-electron chi connectivity index (χ3n) is 4.50. The summed E-state index contributed by atoms with van der Waals surface area (Å²) in [6.45, 7) is -0.699. The van der Waals surface area contributed by atoms with E-state index in [1.165, 1.54) is 12.3 Å². The number of nitro benzene ring substituents is 1. The highest BCUT2D eigenvalue weighted by Gasteiger charge is 2.35. The third kappa shape index (κ3) is 4.90. The van der Waals surface area contributed by atoms with E-state index in [1.807, 2.05) is 22.6 Å². The van der Waals surface area contributed by atoms with Crippen LogP contribution in [0.2, 0.25) is 0 Å². The molecule has 156 valence electrons. The van der Waals surface area contributed by atoms with Gasteiger partial charge in [0.05, 0.1) is 42.0 Å². The van der Waals surface area contributed by atoms with Gasteiger partial charge in [0, 0.05) is 22.3 Å². The second-order valence-electron chi connectivity index (χ2n) is 6.46. The zero-order valence-electron chi connectivity index (χ0n) is 15.0. The van der Waals surface area contributed by atoms with Gasteiger partial charge in [-0.25, -0.2) is 4.79 Å². The van der Waals surface area contributed by atoms with Crippen LogP contribution in [0.3, 0.4) is 0 Å². The number of ether oxygens (including phenoxy) is 2. The summed E-state index contributed by atoms with van der Waals surface area (Å²) < 4.78 is 12.7. The van der Waals surface area contributed by atoms with Crippen molar-refractivity contribution in [2.45, 2.75) is 38.1 Å². The Hall–Kier alpha value is -2.13. The van der Waals surface area contributed by atoms with Crippen LogP contribution >= 0.6 is 22.6 Å². The maximum atomic E-state index is 12.1. The van der Waals surface area contributed by atoms with Gasteiger partial charge in [0.15, 0.2) is 0 Å². The Kier molecular flexibility index (Phi) is 6.79. The van der Waals surface area contributed by atoms with E-state index in [2.05, 4.69) is 4.98 Å². The van der Waals surface area contributed by atoms with Crippen LogP contribution in [0.1, 0.15) is 23.8 Å². The van der Waals surface area contributed by atoms with E-state index in [0.717, 1.165) is 4.57 Å². The molecule has 0 aliphatic carbocycles. The Morgan fingerprint density at radius 3 is 2.72 bits per heavy atom. The quantitative estimate of drug-likeness (QED) is 0.270. The predicted octanol–water partition coefficient (Wildman–Crippen LogP) is 0.407. The van der Waals surface area contributed by atoms with Crippen molar-refractivity contribution in [1.82, 2.24) is 9.55 Å². The number of aromatic nitrogens is 2. The second kappa shape index (κ2) is 9.13. The summed E-state index contributed by atoms with van der Waals surface area (Å²) >= 11 is 1.97. The first kappa shape index (κ1) is 21.6. The third-order valence-corrected chi connectivity index (χ3v) is 5.17. The van der Waals surface area contributed by atoms with Gasteiger partial charge < -0.3 is 19.7 Å². The van der Waals surface area contributed by atoms with Gasteiger partial charge >= 0.3 is 5.69 Å². The first-order valence-electron chi connectivity index (χ1n) is 8.59. The summed E-state index contributed by atoms with van der Waals surface area (Å²) in [6, 6.07) is 4.71. The molecule has 2 heterocycles. The van der Waals surface area contributed by atoms with E-state index in [9.17, 15) is 29.9 Å². The number of aromatic amines is 1. The SMILES string of the molecule is O=c1[nH]c(=O)n([C@H]2C[C@H](O)[C@@H](CO)O2)cc1COCc1ccc(I)cc1[N+](=O)[O-]. The van der Waals surface area contributed by atoms with Crippen LogP contribution in [-0.4, -0.2) is 43.5 Å². The molecule has 3 atom stereocenters. The lowest BCUT2D eigenvalue weighted by Crippen LogP contribution is -2.34. The monoisotopic (exact) mass is 519 g/mol. The van der Waals surface area contributed by atoms with E-state index < -0.39 is 41.2 Å². The molecule has 3 rings (SSSR count). The van der Waals surface area contributed by atoms with Gasteiger partial charge in [0.25, 0.3) is 11.2 Å². The van der Waals surface area contributed by atoms with Gasteiger partial charge in [-0.3, -0.25) is 24.5 Å². The summed E-state index contributed by atoms with van der Waals surface area (Å²) in [5.74, 6) is 0. The molecule has 3 N–H and O–H groups in total. The average molecular weight is 519 g/mol. The minimum absolute atomic E-state index is 0.0757. The molecule has 0 radical (unpaired) electrons. The highest BCUT2D eigenvalue weighted by Crippen LogP contribution is 2.27. The van der Waals surface area contributed by atoms with Crippen LogP contribution in [0.15, 0.2) is 34.0 Å². The fourth-order valence-corrected chi connectivity index (χ4v) is 3.47. The summed E-state index contributed by atoms with van der Waals surface area (Å²) in [7, 11) is 0. The highest BCUT2D eigenvalue weighted by molar-refractivity contribution is 14.1. The Labute approximate surface area is 177 Å². The van der Waals surface area contributed by atoms with Crippen molar-refractivity contribution in [2.24, 2.45) is 0 Å². The van der Waals surface area contributed by atoms with Crippen molar-refractivity contribution in [1.29, 1.82) is 0 Å². The maximum absolute atomic E-state index is 12.1. The summed E-state index contributed by atoms with van der Waals surface area (Å²) in [6.07, 6.45) is -1.26. The van der Waals surface area contributed by atoms with E-state index in [-0.39, 0.29) is 30.9 Å². The number of hydrogen-bond donors (Lipinski definition) is 3. The molecular formula is C17H18IN3O8. The lowest BCUT2D eigenvalue weighted by atomic mass is 10.2. The van der Waals surface area contributed by atoms with E-state index >= 15 is 0 Å². The van der Waals surface area contributed by atoms with E-state index in [1.54, 1.807) is 12.1 Å². The Bertz CT molecular complexity index is 1020. The van der Waals surface area contributed by atoms with Crippen LogP contribution < -0.4 is 11.2 Å². The number of halogens is 1. The molecule has 0 bridgehead atoms. The smallest absolute Gasteiger partial charge is 0.330 e. The van der Waals surface area contributed by atoms with Crippen molar-refractivity contribution in [3.05, 3.63) is 70.0 Å². The zero-order valence-corrected chi connectivity index (χ0v) is 17.1. The molecule has 1 aromatic carbocycles. The first-order valence-corrected chi connectivity index (χ1v) is 9.67. The largest absolute Gasteiger partial charge is 0.394 e. The van der Waals surface area contributed by atoms with Crippen molar-refractivity contribution >= 4 is 28.3 Å². The molecule has 1 aromatic heterocycles.